The van der Waals surface area contributed by atoms with Gasteiger partial charge in [-0.1, -0.05) is 291 Å². The first kappa shape index (κ1) is 78.7. The zero-order valence-electron chi connectivity index (χ0n) is 78.0. The van der Waals surface area contributed by atoms with E-state index in [2.05, 4.69) is 428 Å². The number of hydrogen-bond donors (Lipinski definition) is 0. The van der Waals surface area contributed by atoms with Crippen molar-refractivity contribution in [3.63, 3.8) is 0 Å². The lowest BCUT2D eigenvalue weighted by atomic mass is 10.00. The lowest BCUT2D eigenvalue weighted by Gasteiger charge is -2.13. The van der Waals surface area contributed by atoms with Gasteiger partial charge < -0.3 is 26.9 Å². The van der Waals surface area contributed by atoms with E-state index in [-0.39, 0.29) is 0 Å². The van der Waals surface area contributed by atoms with Crippen LogP contribution in [0.4, 0.5) is 0 Å². The summed E-state index contributed by atoms with van der Waals surface area (Å²) in [5, 5.41) is 45.6. The number of pyridine rings is 3. The largest absolute Gasteiger partial charge is 0.309 e. The average molecular weight is 1860 g/mol. The smallest absolute Gasteiger partial charge is 0.235 e. The molecule has 672 valence electrons. The lowest BCUT2D eigenvalue weighted by Crippen LogP contribution is -2.03. The molecule has 15 aromatic heterocycles. The Morgan fingerprint density at radius 3 is 1.01 bits per heavy atom. The minimum Gasteiger partial charge on any atom is -0.309 e. The van der Waals surface area contributed by atoms with Gasteiger partial charge in [0.2, 0.25) is 5.95 Å². The van der Waals surface area contributed by atoms with Crippen molar-refractivity contribution in [2.45, 2.75) is 0 Å². The molecule has 0 amide bonds. The monoisotopic (exact) mass is 1850 g/mol. The first-order valence-electron chi connectivity index (χ1n) is 49.6. The molecule has 35 rings (SSSR count). The summed E-state index contributed by atoms with van der Waals surface area (Å²) >= 11 is 0. The van der Waals surface area contributed by atoms with Crippen LogP contribution >= 0.6 is 0 Å². The van der Waals surface area contributed by atoms with Crippen LogP contribution in [0.5, 0.6) is 0 Å². The van der Waals surface area contributed by atoms with Gasteiger partial charge in [0.15, 0.2) is 0 Å². The highest BCUT2D eigenvalue weighted by Gasteiger charge is 2.32. The van der Waals surface area contributed by atoms with Crippen LogP contribution < -0.4 is 0 Å². The van der Waals surface area contributed by atoms with E-state index < -0.39 is 0 Å². The Morgan fingerprint density at radius 1 is 0.205 bits per heavy atom. The third-order valence-electron chi connectivity index (χ3n) is 31.5. The molecule has 15 heterocycles. The number of para-hydroxylation sites is 9. The number of nitrogens with zero attached hydrogens (tertiary/aromatic N) is 14. The van der Waals surface area contributed by atoms with Crippen LogP contribution in [0.3, 0.4) is 0 Å². The molecule has 0 saturated carbocycles. The van der Waals surface area contributed by atoms with Gasteiger partial charge in [-0.3, -0.25) is 19.1 Å². The Hall–Kier alpha value is -20.1. The van der Waals surface area contributed by atoms with Crippen LogP contribution in [0.25, 0.3) is 307 Å². The first-order chi connectivity index (χ1) is 72.5. The molecular formula is C132H74N14. The minimum absolute atomic E-state index is 0.599. The molecule has 0 aliphatic rings. The highest BCUT2D eigenvalue weighted by atomic mass is 15.2. The van der Waals surface area contributed by atoms with Crippen LogP contribution in [0.1, 0.15) is 5.56 Å². The third kappa shape index (κ3) is 10.6. The molecule has 35 aromatic rings. The zero-order valence-corrected chi connectivity index (χ0v) is 78.0. The average Bonchev–Trinajstić information content (AvgIpc) is 1.52. The second kappa shape index (κ2) is 29.5. The van der Waals surface area contributed by atoms with Gasteiger partial charge in [0.25, 0.3) is 0 Å². The predicted octanol–water partition coefficient (Wildman–Crippen LogP) is 33.1. The van der Waals surface area contributed by atoms with Crippen LogP contribution in [0, 0.1) is 11.3 Å². The summed E-state index contributed by atoms with van der Waals surface area (Å²) in [6.45, 7) is 0. The van der Waals surface area contributed by atoms with Gasteiger partial charge in [-0.2, -0.15) is 5.26 Å². The summed E-state index contributed by atoms with van der Waals surface area (Å²) in [7, 11) is 0. The van der Waals surface area contributed by atoms with Gasteiger partial charge >= 0.3 is 0 Å². The molecule has 0 fully saturated rings. The molecule has 14 nitrogen and oxygen atoms in total. The van der Waals surface area contributed by atoms with Crippen molar-refractivity contribution in [2.75, 3.05) is 0 Å². The summed E-state index contributed by atoms with van der Waals surface area (Å²) in [5.41, 5.74) is 29.0. The van der Waals surface area contributed by atoms with Gasteiger partial charge in [0.05, 0.1) is 152 Å². The van der Waals surface area contributed by atoms with E-state index in [4.69, 9.17) is 15.0 Å². The molecule has 0 unspecified atom stereocenters. The number of rotatable bonds is 6. The molecule has 146 heavy (non-hydrogen) atoms. The molecule has 20 aromatic carbocycles. The van der Waals surface area contributed by atoms with Crippen molar-refractivity contribution in [3.05, 3.63) is 455 Å². The van der Waals surface area contributed by atoms with E-state index in [1.807, 2.05) is 73.4 Å². The van der Waals surface area contributed by atoms with Crippen molar-refractivity contribution < 1.29 is 0 Å². The van der Waals surface area contributed by atoms with Crippen LogP contribution in [-0.4, -0.2) is 61.0 Å². The molecular weight excluding hydrogens is 1780 g/mol. The first-order valence-corrected chi connectivity index (χ1v) is 49.6. The number of fused-ring (bicyclic) bond motifs is 43. The molecule has 0 bridgehead atoms. The fourth-order valence-electron chi connectivity index (χ4n) is 25.8. The minimum atomic E-state index is 0.599. The standard InChI is InChI=1S/C45H26N4.C44H25N5.C43H23N5/c1-2-13-30-27(10-1)20-21-35-43-42-34-16-5-8-19-39(34)47(40(42)25-36-32-15-4-7-18-38(32)49(44(30)35)45(36)43)28-11-9-12-29(24-28)48-37-17-6-3-14-31(37)33-22-23-46-26-41(33)48;1-2-10-28-26(9-1)17-19-33-42-41-32-13-5-8-16-37(32)48(38(41)23-34-30-12-4-7-15-36(30)49(43(28)33)44(34)42)40-20-18-27(24-46-40)47-35-14-6-3-11-29(35)31-21-22-45-25-39(31)47;44-24-25-10-9-12-27(22-25)40-30-15-3-6-17-34(30)45-43(46-40)47-36-19-8-5-16-31(36)38-37(47)23-33-29-14-4-7-18-35(29)48-41-28-13-2-1-11-26(28)20-21-32(41)39(38)42(33)48/h1-26H;1-25H;1-23H. The van der Waals surface area contributed by atoms with Gasteiger partial charge in [0.1, 0.15) is 5.82 Å². The zero-order chi connectivity index (χ0) is 95.1. The molecule has 0 aliphatic carbocycles. The van der Waals surface area contributed by atoms with Crippen molar-refractivity contribution in [1.29, 1.82) is 5.26 Å². The predicted molar refractivity (Wildman–Crippen MR) is 604 cm³/mol. The summed E-state index contributed by atoms with van der Waals surface area (Å²) < 4.78 is 19.2. The Morgan fingerprint density at radius 2 is 0.562 bits per heavy atom. The van der Waals surface area contributed by atoms with Crippen LogP contribution in [0.2, 0.25) is 0 Å². The van der Waals surface area contributed by atoms with Crippen LogP contribution in [0.15, 0.2) is 450 Å². The van der Waals surface area contributed by atoms with Gasteiger partial charge in [-0.15, -0.1) is 0 Å². The quantitative estimate of drug-likeness (QED) is 0.163. The Balaban J connectivity index is 0.0000000958. The summed E-state index contributed by atoms with van der Waals surface area (Å²) in [6.07, 6.45) is 9.68. The second-order valence-electron chi connectivity index (χ2n) is 38.8. The Labute approximate surface area is 828 Å². The maximum absolute atomic E-state index is 9.70. The van der Waals surface area contributed by atoms with E-state index in [1.54, 1.807) is 0 Å². The summed E-state index contributed by atoms with van der Waals surface area (Å²) in [6, 6.07) is 153. The van der Waals surface area contributed by atoms with Crippen molar-refractivity contribution >= 4 is 267 Å². The normalized spacial score (nSPS) is 12.4. The summed E-state index contributed by atoms with van der Waals surface area (Å²) in [5.74, 6) is 1.49. The summed E-state index contributed by atoms with van der Waals surface area (Å²) in [4.78, 5) is 24.7. The van der Waals surface area contributed by atoms with Gasteiger partial charge in [-0.05, 0) is 144 Å². The van der Waals surface area contributed by atoms with Gasteiger partial charge in [0, 0.05) is 169 Å². The van der Waals surface area contributed by atoms with E-state index in [0.29, 0.717) is 11.5 Å². The molecule has 0 atom stereocenters. The van der Waals surface area contributed by atoms with E-state index in [1.165, 1.54) is 212 Å². The number of nitriles is 1. The maximum atomic E-state index is 9.70. The highest BCUT2D eigenvalue weighted by Crippen LogP contribution is 2.54. The van der Waals surface area contributed by atoms with Crippen molar-refractivity contribution in [1.82, 2.24) is 61.0 Å². The fourth-order valence-corrected chi connectivity index (χ4v) is 25.8. The van der Waals surface area contributed by atoms with Crippen molar-refractivity contribution in [2.24, 2.45) is 0 Å². The molecule has 14 heteroatoms. The van der Waals surface area contributed by atoms with Crippen molar-refractivity contribution in [3.8, 4) is 46.2 Å². The Kier molecular flexibility index (Phi) is 15.9. The van der Waals surface area contributed by atoms with E-state index >= 15 is 0 Å². The maximum Gasteiger partial charge on any atom is 0.235 e. The SMILES string of the molecule is N#Cc1cccc(-c2nc(-n3c4ccccc4c4c5c6ccc7ccccc7c6n6c7ccccc7c(cc43)c56)nc3ccccc23)c1.c1cc(-n2c3ccccc3c3ccncc32)cc(-n2c3ccccc3c3c4c5ccc6ccccc6c5n5c6ccccc6c(cc32)c45)c1.c1ccc2c(c1)ccc1c3c4c5ccccc5n(-c5ccc(-n6c7ccccc7c7ccncc76)cn5)c4cc4c5ccccc5n(c21)c43. The fraction of sp³-hybridized carbons (Fsp3) is 0. The molecule has 0 radical (unpaired) electrons. The molecule has 0 aliphatic heterocycles. The van der Waals surface area contributed by atoms with Crippen LogP contribution in [-0.2, 0) is 0 Å². The van der Waals surface area contributed by atoms with Gasteiger partial charge in [-0.25, -0.2) is 15.0 Å². The van der Waals surface area contributed by atoms with E-state index in [9.17, 15) is 5.26 Å². The molecule has 0 N–H and O–H groups in total. The highest BCUT2D eigenvalue weighted by molar-refractivity contribution is 6.41. The lowest BCUT2D eigenvalue weighted by molar-refractivity contribution is 1.01. The van der Waals surface area contributed by atoms with E-state index in [0.717, 1.165) is 89.0 Å². The Bertz CT molecular complexity index is 11900. The second-order valence-corrected chi connectivity index (χ2v) is 38.8. The number of hydrogen-bond acceptors (Lipinski definition) is 6. The third-order valence-corrected chi connectivity index (χ3v) is 31.5. The molecule has 0 saturated heterocycles. The number of benzene rings is 20. The topological polar surface area (TPSA) is 126 Å². The molecule has 0 spiro atoms. The number of aromatic nitrogens is 13.